The van der Waals surface area contributed by atoms with E-state index in [1.807, 2.05) is 11.8 Å². The third-order valence-electron chi connectivity index (χ3n) is 4.24. The Hall–Kier alpha value is -0.280. The molecule has 2 aliphatic rings. The molecular weight excluding hydrogens is 224 g/mol. The molecule has 0 bridgehead atoms. The molecule has 0 aromatic carbocycles. The quantitative estimate of drug-likeness (QED) is 0.826. The first-order valence-corrected chi connectivity index (χ1v) is 6.14. The van der Waals surface area contributed by atoms with Crippen LogP contribution in [0.4, 0.5) is 0 Å². The molecule has 2 N–H and O–H groups in total. The van der Waals surface area contributed by atoms with Crippen LogP contribution in [0.5, 0.6) is 0 Å². The molecule has 0 spiro atoms. The van der Waals surface area contributed by atoms with E-state index < -0.39 is 0 Å². The Morgan fingerprint density at radius 1 is 1.56 bits per heavy atom. The van der Waals surface area contributed by atoms with Gasteiger partial charge in [-0.25, -0.2) is 0 Å². The van der Waals surface area contributed by atoms with Gasteiger partial charge in [-0.1, -0.05) is 6.92 Å². The molecule has 2 unspecified atom stereocenters. The number of carbonyl (C=O) groups is 1. The van der Waals surface area contributed by atoms with Crippen molar-refractivity contribution in [1.29, 1.82) is 0 Å². The minimum absolute atomic E-state index is 0. The summed E-state index contributed by atoms with van der Waals surface area (Å²) in [4.78, 5) is 14.3. The standard InChI is InChI=1S/C12H22N2O.ClH/c1-3-12(5-6-12)11(15)14-7-4-10(8-14)9(2)13;/h9-10H,3-8,13H2,1-2H3;1H. The highest BCUT2D eigenvalue weighted by Gasteiger charge is 2.50. The van der Waals surface area contributed by atoms with Gasteiger partial charge < -0.3 is 10.6 Å². The number of likely N-dealkylation sites (tertiary alicyclic amines) is 1. The van der Waals surface area contributed by atoms with Crippen LogP contribution in [0.1, 0.15) is 39.5 Å². The van der Waals surface area contributed by atoms with E-state index in [2.05, 4.69) is 6.92 Å². The molecule has 0 aromatic heterocycles. The van der Waals surface area contributed by atoms with Gasteiger partial charge in [0.25, 0.3) is 0 Å². The molecule has 1 heterocycles. The van der Waals surface area contributed by atoms with Gasteiger partial charge in [-0.15, -0.1) is 12.4 Å². The van der Waals surface area contributed by atoms with Gasteiger partial charge in [-0.05, 0) is 38.5 Å². The zero-order valence-corrected chi connectivity index (χ0v) is 11.1. The molecular formula is C12H23ClN2O. The predicted molar refractivity (Wildman–Crippen MR) is 67.5 cm³/mol. The van der Waals surface area contributed by atoms with E-state index in [4.69, 9.17) is 5.73 Å². The molecule has 4 heteroatoms. The van der Waals surface area contributed by atoms with Crippen LogP contribution in [0.15, 0.2) is 0 Å². The molecule has 1 aliphatic carbocycles. The molecule has 16 heavy (non-hydrogen) atoms. The lowest BCUT2D eigenvalue weighted by molar-refractivity contribution is -0.136. The third kappa shape index (κ3) is 2.35. The maximum atomic E-state index is 12.2. The van der Waals surface area contributed by atoms with Gasteiger partial charge in [0.05, 0.1) is 0 Å². The summed E-state index contributed by atoms with van der Waals surface area (Å²) in [5.74, 6) is 0.912. The number of rotatable bonds is 3. The van der Waals surface area contributed by atoms with Crippen LogP contribution in [0.25, 0.3) is 0 Å². The van der Waals surface area contributed by atoms with E-state index in [1.165, 1.54) is 0 Å². The molecule has 3 nitrogen and oxygen atoms in total. The van der Waals surface area contributed by atoms with Gasteiger partial charge in [0.2, 0.25) is 5.91 Å². The van der Waals surface area contributed by atoms with Crippen molar-refractivity contribution in [3.8, 4) is 0 Å². The first kappa shape index (κ1) is 13.8. The summed E-state index contributed by atoms with van der Waals surface area (Å²) >= 11 is 0. The second-order valence-electron chi connectivity index (χ2n) is 5.29. The van der Waals surface area contributed by atoms with Crippen LogP contribution >= 0.6 is 12.4 Å². The Morgan fingerprint density at radius 2 is 2.19 bits per heavy atom. The summed E-state index contributed by atoms with van der Waals surface area (Å²) in [5, 5.41) is 0. The summed E-state index contributed by atoms with van der Waals surface area (Å²) in [5.41, 5.74) is 5.91. The lowest BCUT2D eigenvalue weighted by Gasteiger charge is -2.23. The number of carbonyl (C=O) groups excluding carboxylic acids is 1. The molecule has 2 rings (SSSR count). The molecule has 1 amide bonds. The number of halogens is 1. The zero-order chi connectivity index (χ0) is 11.1. The first-order valence-electron chi connectivity index (χ1n) is 6.14. The van der Waals surface area contributed by atoms with Crippen LogP contribution < -0.4 is 5.73 Å². The van der Waals surface area contributed by atoms with E-state index in [1.54, 1.807) is 0 Å². The maximum Gasteiger partial charge on any atom is 0.228 e. The Bertz CT molecular complexity index is 264. The molecule has 94 valence electrons. The van der Waals surface area contributed by atoms with E-state index in [0.29, 0.717) is 11.8 Å². The topological polar surface area (TPSA) is 46.3 Å². The average molecular weight is 247 g/mol. The second-order valence-corrected chi connectivity index (χ2v) is 5.29. The van der Waals surface area contributed by atoms with Gasteiger partial charge in [-0.3, -0.25) is 4.79 Å². The third-order valence-corrected chi connectivity index (χ3v) is 4.24. The summed E-state index contributed by atoms with van der Waals surface area (Å²) < 4.78 is 0. The van der Waals surface area contributed by atoms with Gasteiger partial charge in [0.15, 0.2) is 0 Å². The Labute approximate surface area is 104 Å². The van der Waals surface area contributed by atoms with Gasteiger partial charge in [0, 0.05) is 24.5 Å². The lowest BCUT2D eigenvalue weighted by Crippen LogP contribution is -2.37. The molecule has 1 saturated carbocycles. The number of hydrogen-bond acceptors (Lipinski definition) is 2. The summed E-state index contributed by atoms with van der Waals surface area (Å²) in [6, 6.07) is 0.222. The van der Waals surface area contributed by atoms with Crippen molar-refractivity contribution in [1.82, 2.24) is 4.90 Å². The van der Waals surface area contributed by atoms with E-state index in [0.717, 1.165) is 38.8 Å². The second kappa shape index (κ2) is 4.92. The van der Waals surface area contributed by atoms with Crippen molar-refractivity contribution in [2.75, 3.05) is 13.1 Å². The summed E-state index contributed by atoms with van der Waals surface area (Å²) in [6.07, 6.45) is 4.29. The summed E-state index contributed by atoms with van der Waals surface area (Å²) in [7, 11) is 0. The highest BCUT2D eigenvalue weighted by molar-refractivity contribution is 5.85. The summed E-state index contributed by atoms with van der Waals surface area (Å²) in [6.45, 7) is 5.99. The molecule has 1 aliphatic heterocycles. The Morgan fingerprint density at radius 3 is 2.56 bits per heavy atom. The normalized spacial score (nSPS) is 28.4. The van der Waals surface area contributed by atoms with Crippen molar-refractivity contribution in [2.24, 2.45) is 17.1 Å². The fraction of sp³-hybridized carbons (Fsp3) is 0.917. The maximum absolute atomic E-state index is 12.2. The number of hydrogen-bond donors (Lipinski definition) is 1. The van der Waals surface area contributed by atoms with Crippen molar-refractivity contribution in [2.45, 2.75) is 45.6 Å². The van der Waals surface area contributed by atoms with Crippen LogP contribution in [0.3, 0.4) is 0 Å². The Kier molecular flexibility index (Phi) is 4.24. The van der Waals surface area contributed by atoms with Gasteiger partial charge in [0.1, 0.15) is 0 Å². The Balaban J connectivity index is 0.00000128. The van der Waals surface area contributed by atoms with Crippen molar-refractivity contribution in [3.63, 3.8) is 0 Å². The molecule has 0 radical (unpaired) electrons. The number of amides is 1. The number of nitrogens with zero attached hydrogens (tertiary/aromatic N) is 1. The van der Waals surface area contributed by atoms with Crippen molar-refractivity contribution >= 4 is 18.3 Å². The van der Waals surface area contributed by atoms with Crippen LogP contribution in [-0.2, 0) is 4.79 Å². The first-order chi connectivity index (χ1) is 7.09. The minimum Gasteiger partial charge on any atom is -0.342 e. The van der Waals surface area contributed by atoms with Crippen LogP contribution in [-0.4, -0.2) is 29.9 Å². The lowest BCUT2D eigenvalue weighted by atomic mass is 10.0. The largest absolute Gasteiger partial charge is 0.342 e. The predicted octanol–water partition coefficient (Wildman–Crippen LogP) is 1.79. The zero-order valence-electron chi connectivity index (χ0n) is 10.2. The molecule has 2 atom stereocenters. The number of nitrogens with two attached hydrogens (primary N) is 1. The van der Waals surface area contributed by atoms with Crippen molar-refractivity contribution in [3.05, 3.63) is 0 Å². The fourth-order valence-electron chi connectivity index (χ4n) is 2.61. The average Bonchev–Trinajstić information content (AvgIpc) is 2.86. The highest BCUT2D eigenvalue weighted by Crippen LogP contribution is 2.50. The molecule has 1 saturated heterocycles. The molecule has 0 aromatic rings. The SMILES string of the molecule is CCC1(C(=O)N2CCC(C(C)N)C2)CC1.Cl. The van der Waals surface area contributed by atoms with Crippen LogP contribution in [0, 0.1) is 11.3 Å². The monoisotopic (exact) mass is 246 g/mol. The van der Waals surface area contributed by atoms with Gasteiger partial charge in [-0.2, -0.15) is 0 Å². The van der Waals surface area contributed by atoms with E-state index >= 15 is 0 Å². The smallest absolute Gasteiger partial charge is 0.228 e. The van der Waals surface area contributed by atoms with Gasteiger partial charge >= 0.3 is 0 Å². The van der Waals surface area contributed by atoms with Crippen molar-refractivity contribution < 1.29 is 4.79 Å². The fourth-order valence-corrected chi connectivity index (χ4v) is 2.61. The minimum atomic E-state index is 0. The van der Waals surface area contributed by atoms with E-state index in [-0.39, 0.29) is 23.9 Å². The highest BCUT2D eigenvalue weighted by atomic mass is 35.5. The van der Waals surface area contributed by atoms with E-state index in [9.17, 15) is 4.79 Å². The van der Waals surface area contributed by atoms with Crippen LogP contribution in [0.2, 0.25) is 0 Å². The molecule has 2 fully saturated rings.